The fourth-order valence-corrected chi connectivity index (χ4v) is 3.27. The molecule has 1 rings (SSSR count). The SMILES string of the molecule is CN(CCCS(C)(=O)=O)C1CCCC1CN. The molecule has 16 heavy (non-hydrogen) atoms. The molecular weight excluding hydrogens is 224 g/mol. The van der Waals surface area contributed by atoms with Crippen LogP contribution in [0.25, 0.3) is 0 Å². The van der Waals surface area contributed by atoms with E-state index in [9.17, 15) is 8.42 Å². The summed E-state index contributed by atoms with van der Waals surface area (Å²) in [5.41, 5.74) is 5.74. The minimum Gasteiger partial charge on any atom is -0.330 e. The lowest BCUT2D eigenvalue weighted by Crippen LogP contribution is -2.38. The Hall–Kier alpha value is -0.130. The normalized spacial score (nSPS) is 26.5. The summed E-state index contributed by atoms with van der Waals surface area (Å²) in [6.07, 6.45) is 5.70. The molecule has 0 spiro atoms. The molecule has 96 valence electrons. The van der Waals surface area contributed by atoms with Crippen LogP contribution in [0, 0.1) is 5.92 Å². The van der Waals surface area contributed by atoms with Gasteiger partial charge in [0.25, 0.3) is 0 Å². The van der Waals surface area contributed by atoms with E-state index in [0.29, 0.717) is 12.0 Å². The van der Waals surface area contributed by atoms with Gasteiger partial charge >= 0.3 is 0 Å². The van der Waals surface area contributed by atoms with E-state index in [-0.39, 0.29) is 5.75 Å². The van der Waals surface area contributed by atoms with Crippen LogP contribution in [0.3, 0.4) is 0 Å². The molecular formula is C11H24N2O2S. The molecule has 1 saturated carbocycles. The molecule has 0 aromatic rings. The van der Waals surface area contributed by atoms with Crippen molar-refractivity contribution in [1.82, 2.24) is 4.90 Å². The molecule has 2 N–H and O–H groups in total. The van der Waals surface area contributed by atoms with Crippen molar-refractivity contribution >= 4 is 9.84 Å². The highest BCUT2D eigenvalue weighted by Crippen LogP contribution is 2.28. The molecule has 4 nitrogen and oxygen atoms in total. The summed E-state index contributed by atoms with van der Waals surface area (Å²) in [6.45, 7) is 1.61. The molecule has 5 heteroatoms. The van der Waals surface area contributed by atoms with Crippen molar-refractivity contribution in [3.05, 3.63) is 0 Å². The molecule has 0 aliphatic heterocycles. The molecule has 0 aromatic carbocycles. The van der Waals surface area contributed by atoms with E-state index in [4.69, 9.17) is 5.73 Å². The van der Waals surface area contributed by atoms with Crippen molar-refractivity contribution in [2.75, 3.05) is 32.1 Å². The molecule has 0 radical (unpaired) electrons. The number of hydrogen-bond donors (Lipinski definition) is 1. The van der Waals surface area contributed by atoms with Gasteiger partial charge in [0.15, 0.2) is 0 Å². The van der Waals surface area contributed by atoms with E-state index >= 15 is 0 Å². The fraction of sp³-hybridized carbons (Fsp3) is 1.00. The topological polar surface area (TPSA) is 63.4 Å². The van der Waals surface area contributed by atoms with E-state index in [1.54, 1.807) is 0 Å². The van der Waals surface area contributed by atoms with E-state index in [2.05, 4.69) is 11.9 Å². The van der Waals surface area contributed by atoms with Gasteiger partial charge in [-0.1, -0.05) is 6.42 Å². The van der Waals surface area contributed by atoms with Crippen LogP contribution in [-0.2, 0) is 9.84 Å². The number of sulfone groups is 1. The Kier molecular flexibility index (Phi) is 5.21. The van der Waals surface area contributed by atoms with Crippen LogP contribution in [0.1, 0.15) is 25.7 Å². The minimum absolute atomic E-state index is 0.289. The van der Waals surface area contributed by atoms with Gasteiger partial charge in [0.2, 0.25) is 0 Å². The maximum Gasteiger partial charge on any atom is 0.147 e. The zero-order valence-corrected chi connectivity index (χ0v) is 11.2. The first kappa shape index (κ1) is 13.9. The minimum atomic E-state index is -2.81. The highest BCUT2D eigenvalue weighted by molar-refractivity contribution is 7.90. The average Bonchev–Trinajstić information content (AvgIpc) is 2.63. The smallest absolute Gasteiger partial charge is 0.147 e. The van der Waals surface area contributed by atoms with Gasteiger partial charge in [-0.3, -0.25) is 0 Å². The fourth-order valence-electron chi connectivity index (χ4n) is 2.61. The van der Waals surface area contributed by atoms with E-state index in [0.717, 1.165) is 19.5 Å². The predicted molar refractivity (Wildman–Crippen MR) is 67.1 cm³/mol. The highest BCUT2D eigenvalue weighted by Gasteiger charge is 2.28. The van der Waals surface area contributed by atoms with Gasteiger partial charge in [0, 0.05) is 12.3 Å². The standard InChI is InChI=1S/C11H24N2O2S/c1-13(7-4-8-16(2,14)15)11-6-3-5-10(11)9-12/h10-11H,3-9,12H2,1-2H3. The van der Waals surface area contributed by atoms with Gasteiger partial charge in [-0.15, -0.1) is 0 Å². The Morgan fingerprint density at radius 3 is 2.62 bits per heavy atom. The average molecular weight is 248 g/mol. The van der Waals surface area contributed by atoms with Gasteiger partial charge in [-0.25, -0.2) is 8.42 Å². The Morgan fingerprint density at radius 2 is 2.06 bits per heavy atom. The Bertz CT molecular complexity index is 303. The van der Waals surface area contributed by atoms with Crippen LogP contribution in [0.5, 0.6) is 0 Å². The van der Waals surface area contributed by atoms with E-state index in [1.807, 2.05) is 0 Å². The second kappa shape index (κ2) is 5.98. The van der Waals surface area contributed by atoms with E-state index < -0.39 is 9.84 Å². The Balaban J connectivity index is 2.32. The summed E-state index contributed by atoms with van der Waals surface area (Å²) in [7, 11) is -0.730. The lowest BCUT2D eigenvalue weighted by molar-refractivity contribution is 0.201. The third kappa shape index (κ3) is 4.39. The maximum absolute atomic E-state index is 11.0. The van der Waals surface area contributed by atoms with E-state index in [1.165, 1.54) is 25.5 Å². The summed E-state index contributed by atoms with van der Waals surface area (Å²) in [6, 6.07) is 0.560. The Labute approximate surface area is 99.1 Å². The molecule has 1 aliphatic rings. The van der Waals surface area contributed by atoms with Crippen LogP contribution in [0.2, 0.25) is 0 Å². The first-order valence-corrected chi connectivity index (χ1v) is 8.08. The first-order valence-electron chi connectivity index (χ1n) is 6.02. The summed E-state index contributed by atoms with van der Waals surface area (Å²) >= 11 is 0. The lowest BCUT2D eigenvalue weighted by atomic mass is 10.0. The van der Waals surface area contributed by atoms with Crippen LogP contribution >= 0.6 is 0 Å². The van der Waals surface area contributed by atoms with Crippen molar-refractivity contribution in [2.45, 2.75) is 31.7 Å². The molecule has 2 unspecified atom stereocenters. The second-order valence-corrected chi connectivity index (χ2v) is 7.22. The van der Waals surface area contributed by atoms with Gasteiger partial charge in [-0.2, -0.15) is 0 Å². The third-order valence-corrected chi connectivity index (χ3v) is 4.54. The zero-order chi connectivity index (χ0) is 12.2. The quantitative estimate of drug-likeness (QED) is 0.742. The van der Waals surface area contributed by atoms with Crippen molar-refractivity contribution in [1.29, 1.82) is 0 Å². The Morgan fingerprint density at radius 1 is 1.38 bits per heavy atom. The predicted octanol–water partition coefficient (Wildman–Crippen LogP) is 0.480. The summed E-state index contributed by atoms with van der Waals surface area (Å²) < 4.78 is 22.0. The van der Waals surface area contributed by atoms with Crippen molar-refractivity contribution in [3.8, 4) is 0 Å². The lowest BCUT2D eigenvalue weighted by Gasteiger charge is -2.28. The van der Waals surface area contributed by atoms with Crippen LogP contribution < -0.4 is 5.73 Å². The number of rotatable bonds is 6. The summed E-state index contributed by atoms with van der Waals surface area (Å²) in [5, 5.41) is 0. The number of nitrogens with zero attached hydrogens (tertiary/aromatic N) is 1. The molecule has 2 atom stereocenters. The molecule has 1 aliphatic carbocycles. The molecule has 0 amide bonds. The number of hydrogen-bond acceptors (Lipinski definition) is 4. The first-order chi connectivity index (χ1) is 7.44. The molecule has 0 saturated heterocycles. The highest BCUT2D eigenvalue weighted by atomic mass is 32.2. The molecule has 0 bridgehead atoms. The maximum atomic E-state index is 11.0. The molecule has 0 heterocycles. The van der Waals surface area contributed by atoms with Crippen molar-refractivity contribution < 1.29 is 8.42 Å². The van der Waals surface area contributed by atoms with Crippen molar-refractivity contribution in [3.63, 3.8) is 0 Å². The zero-order valence-electron chi connectivity index (χ0n) is 10.4. The van der Waals surface area contributed by atoms with Gasteiger partial charge < -0.3 is 10.6 Å². The van der Waals surface area contributed by atoms with Crippen molar-refractivity contribution in [2.24, 2.45) is 11.7 Å². The number of nitrogens with two attached hydrogens (primary N) is 1. The van der Waals surface area contributed by atoms with Gasteiger partial charge in [-0.05, 0) is 45.3 Å². The third-order valence-electron chi connectivity index (χ3n) is 3.51. The van der Waals surface area contributed by atoms with Crippen LogP contribution in [0.4, 0.5) is 0 Å². The second-order valence-electron chi connectivity index (χ2n) is 4.96. The molecule has 1 fully saturated rings. The monoisotopic (exact) mass is 248 g/mol. The summed E-state index contributed by atoms with van der Waals surface area (Å²) in [4.78, 5) is 2.29. The summed E-state index contributed by atoms with van der Waals surface area (Å²) in [5.74, 6) is 0.889. The van der Waals surface area contributed by atoms with Crippen LogP contribution in [-0.4, -0.2) is 51.5 Å². The van der Waals surface area contributed by atoms with Gasteiger partial charge in [0.05, 0.1) is 5.75 Å². The van der Waals surface area contributed by atoms with Gasteiger partial charge in [0.1, 0.15) is 9.84 Å². The van der Waals surface area contributed by atoms with Crippen LogP contribution in [0.15, 0.2) is 0 Å². The molecule has 0 aromatic heterocycles. The largest absolute Gasteiger partial charge is 0.330 e.